The molecule has 0 spiro atoms. The van der Waals surface area contributed by atoms with Crippen LogP contribution < -0.4 is 0 Å². The number of hydrogen-bond donors (Lipinski definition) is 1. The number of benzene rings is 1. The minimum atomic E-state index is -0.529. The molecule has 0 fully saturated rings. The van der Waals surface area contributed by atoms with E-state index in [9.17, 15) is 9.50 Å². The molecule has 1 aliphatic heterocycles. The van der Waals surface area contributed by atoms with E-state index in [1.54, 1.807) is 24.5 Å². The first-order valence-corrected chi connectivity index (χ1v) is 8.34. The first-order chi connectivity index (χ1) is 11.7. The Labute approximate surface area is 141 Å². The third-order valence-electron chi connectivity index (χ3n) is 4.35. The number of hydrogen-bond acceptors (Lipinski definition) is 4. The number of rotatable bonds is 6. The molecule has 0 amide bonds. The van der Waals surface area contributed by atoms with Crippen LogP contribution in [0, 0.1) is 5.82 Å². The second-order valence-electron chi connectivity index (χ2n) is 6.06. The number of aliphatic hydroxyl groups is 1. The Balaban J connectivity index is 1.43. The summed E-state index contributed by atoms with van der Waals surface area (Å²) < 4.78 is 12.9. The van der Waals surface area contributed by atoms with Gasteiger partial charge in [-0.2, -0.15) is 0 Å². The van der Waals surface area contributed by atoms with E-state index in [4.69, 9.17) is 0 Å². The lowest BCUT2D eigenvalue weighted by molar-refractivity contribution is 0.156. The summed E-state index contributed by atoms with van der Waals surface area (Å²) in [7, 11) is 0. The SMILES string of the molecule is OC(CCCN1CC=C(c2ncccn2)CC1)c1ccc(F)cc1. The van der Waals surface area contributed by atoms with E-state index in [1.165, 1.54) is 17.7 Å². The first-order valence-electron chi connectivity index (χ1n) is 8.34. The molecule has 0 saturated carbocycles. The molecule has 126 valence electrons. The largest absolute Gasteiger partial charge is 0.388 e. The van der Waals surface area contributed by atoms with Crippen molar-refractivity contribution in [1.82, 2.24) is 14.9 Å². The van der Waals surface area contributed by atoms with Gasteiger partial charge < -0.3 is 5.11 Å². The van der Waals surface area contributed by atoms with Crippen molar-refractivity contribution in [2.45, 2.75) is 25.4 Å². The summed E-state index contributed by atoms with van der Waals surface area (Å²) in [5, 5.41) is 10.2. The van der Waals surface area contributed by atoms with Gasteiger partial charge in [-0.25, -0.2) is 14.4 Å². The highest BCUT2D eigenvalue weighted by Gasteiger charge is 2.15. The molecule has 1 unspecified atom stereocenters. The highest BCUT2D eigenvalue weighted by Crippen LogP contribution is 2.21. The van der Waals surface area contributed by atoms with Crippen LogP contribution in [-0.2, 0) is 0 Å². The van der Waals surface area contributed by atoms with Crippen molar-refractivity contribution in [3.8, 4) is 0 Å². The van der Waals surface area contributed by atoms with Crippen molar-refractivity contribution < 1.29 is 9.50 Å². The zero-order chi connectivity index (χ0) is 16.8. The lowest BCUT2D eigenvalue weighted by atomic mass is 10.0. The summed E-state index contributed by atoms with van der Waals surface area (Å²) >= 11 is 0. The highest BCUT2D eigenvalue weighted by molar-refractivity contribution is 5.60. The van der Waals surface area contributed by atoms with E-state index < -0.39 is 6.10 Å². The van der Waals surface area contributed by atoms with Gasteiger partial charge in [0.25, 0.3) is 0 Å². The van der Waals surface area contributed by atoms with E-state index in [0.29, 0.717) is 6.42 Å². The van der Waals surface area contributed by atoms with E-state index in [1.807, 2.05) is 6.07 Å². The van der Waals surface area contributed by atoms with Crippen LogP contribution in [0.15, 0.2) is 48.8 Å². The van der Waals surface area contributed by atoms with Gasteiger partial charge in [0.2, 0.25) is 0 Å². The molecular weight excluding hydrogens is 305 g/mol. The summed E-state index contributed by atoms with van der Waals surface area (Å²) in [6.45, 7) is 2.81. The molecular formula is C19H22FN3O. The molecule has 1 aromatic carbocycles. The van der Waals surface area contributed by atoms with Gasteiger partial charge in [0.1, 0.15) is 5.82 Å². The Morgan fingerprint density at radius 1 is 1.17 bits per heavy atom. The second kappa shape index (κ2) is 8.13. The van der Waals surface area contributed by atoms with Crippen molar-refractivity contribution >= 4 is 5.57 Å². The van der Waals surface area contributed by atoms with Crippen molar-refractivity contribution in [1.29, 1.82) is 0 Å². The monoisotopic (exact) mass is 327 g/mol. The van der Waals surface area contributed by atoms with Crippen LogP contribution in [0.4, 0.5) is 4.39 Å². The molecule has 0 radical (unpaired) electrons. The number of aromatic nitrogens is 2. The molecule has 2 aromatic rings. The van der Waals surface area contributed by atoms with E-state index in [2.05, 4.69) is 20.9 Å². The van der Waals surface area contributed by atoms with Crippen LogP contribution in [0.1, 0.15) is 36.8 Å². The summed E-state index contributed by atoms with van der Waals surface area (Å²) in [6, 6.07) is 7.90. The van der Waals surface area contributed by atoms with Gasteiger partial charge in [-0.1, -0.05) is 18.2 Å². The molecule has 3 rings (SSSR count). The molecule has 0 bridgehead atoms. The van der Waals surface area contributed by atoms with Gasteiger partial charge >= 0.3 is 0 Å². The van der Waals surface area contributed by atoms with Crippen molar-refractivity contribution in [2.24, 2.45) is 0 Å². The van der Waals surface area contributed by atoms with Crippen LogP contribution in [0.3, 0.4) is 0 Å². The Kier molecular flexibility index (Phi) is 5.67. The molecule has 1 atom stereocenters. The van der Waals surface area contributed by atoms with Crippen molar-refractivity contribution in [3.63, 3.8) is 0 Å². The third-order valence-corrected chi connectivity index (χ3v) is 4.35. The molecule has 4 nitrogen and oxygen atoms in total. The minimum Gasteiger partial charge on any atom is -0.388 e. The Morgan fingerprint density at radius 2 is 1.92 bits per heavy atom. The molecule has 2 heterocycles. The van der Waals surface area contributed by atoms with E-state index in [-0.39, 0.29) is 5.82 Å². The van der Waals surface area contributed by atoms with E-state index >= 15 is 0 Å². The average molecular weight is 327 g/mol. The summed E-state index contributed by atoms with van der Waals surface area (Å²) in [6.07, 6.45) is 7.74. The van der Waals surface area contributed by atoms with Crippen LogP contribution >= 0.6 is 0 Å². The Bertz CT molecular complexity index is 673. The second-order valence-corrected chi connectivity index (χ2v) is 6.06. The quantitative estimate of drug-likeness (QED) is 0.885. The maximum atomic E-state index is 12.9. The summed E-state index contributed by atoms with van der Waals surface area (Å²) in [5.74, 6) is 0.549. The predicted molar refractivity (Wildman–Crippen MR) is 91.7 cm³/mol. The highest BCUT2D eigenvalue weighted by atomic mass is 19.1. The first kappa shape index (κ1) is 16.7. The molecule has 1 N–H and O–H groups in total. The predicted octanol–water partition coefficient (Wildman–Crippen LogP) is 3.22. The van der Waals surface area contributed by atoms with Crippen LogP contribution in [0.2, 0.25) is 0 Å². The van der Waals surface area contributed by atoms with Gasteiger partial charge in [-0.15, -0.1) is 0 Å². The molecule has 0 saturated heterocycles. The van der Waals surface area contributed by atoms with Gasteiger partial charge in [-0.3, -0.25) is 4.90 Å². The van der Waals surface area contributed by atoms with Gasteiger partial charge in [0.05, 0.1) is 6.10 Å². The number of halogens is 1. The van der Waals surface area contributed by atoms with Crippen LogP contribution in [-0.4, -0.2) is 39.6 Å². The fourth-order valence-corrected chi connectivity index (χ4v) is 2.94. The van der Waals surface area contributed by atoms with Crippen molar-refractivity contribution in [3.05, 3.63) is 66.0 Å². The standard InChI is InChI=1S/C19H22FN3O/c20-17-6-4-15(5-7-17)18(24)3-1-12-23-13-8-16(9-14-23)19-21-10-2-11-22-19/h2,4-8,10-11,18,24H,1,3,9,12-14H2. The minimum absolute atomic E-state index is 0.274. The normalized spacial score (nSPS) is 16.7. The van der Waals surface area contributed by atoms with Crippen LogP contribution in [0.25, 0.3) is 5.57 Å². The number of aliphatic hydroxyl groups excluding tert-OH is 1. The third kappa shape index (κ3) is 4.46. The van der Waals surface area contributed by atoms with Crippen molar-refractivity contribution in [2.75, 3.05) is 19.6 Å². The Morgan fingerprint density at radius 3 is 2.58 bits per heavy atom. The lowest BCUT2D eigenvalue weighted by Crippen LogP contribution is -2.30. The zero-order valence-corrected chi connectivity index (χ0v) is 13.6. The van der Waals surface area contributed by atoms with Crippen LogP contribution in [0.5, 0.6) is 0 Å². The van der Waals surface area contributed by atoms with Gasteiger partial charge in [0, 0.05) is 25.5 Å². The maximum absolute atomic E-state index is 12.9. The molecule has 5 heteroatoms. The topological polar surface area (TPSA) is 49.2 Å². The smallest absolute Gasteiger partial charge is 0.154 e. The maximum Gasteiger partial charge on any atom is 0.154 e. The Hall–Kier alpha value is -2.11. The zero-order valence-electron chi connectivity index (χ0n) is 13.6. The average Bonchev–Trinajstić information content (AvgIpc) is 2.63. The lowest BCUT2D eigenvalue weighted by Gasteiger charge is -2.26. The fraction of sp³-hybridized carbons (Fsp3) is 0.368. The number of nitrogens with zero attached hydrogens (tertiary/aromatic N) is 3. The molecule has 1 aromatic heterocycles. The summed E-state index contributed by atoms with van der Waals surface area (Å²) in [5.41, 5.74) is 1.98. The molecule has 0 aliphatic carbocycles. The molecule has 24 heavy (non-hydrogen) atoms. The van der Waals surface area contributed by atoms with Gasteiger partial charge in [-0.05, 0) is 55.1 Å². The fourth-order valence-electron chi connectivity index (χ4n) is 2.94. The molecule has 1 aliphatic rings. The van der Waals surface area contributed by atoms with Gasteiger partial charge in [0.15, 0.2) is 5.82 Å². The van der Waals surface area contributed by atoms with E-state index in [0.717, 1.165) is 43.9 Å². The summed E-state index contributed by atoms with van der Waals surface area (Å²) in [4.78, 5) is 11.0.